The number of hydrogen-bond donors (Lipinski definition) is 2. The summed E-state index contributed by atoms with van der Waals surface area (Å²) in [5.41, 5.74) is -0.382. The molecule has 1 aromatic carbocycles. The van der Waals surface area contributed by atoms with Gasteiger partial charge in [-0.3, -0.25) is 4.79 Å². The maximum Gasteiger partial charge on any atom is 0.224 e. The fourth-order valence-electron chi connectivity index (χ4n) is 3.86. The molecule has 1 fully saturated rings. The molecule has 3 rings (SSSR count). The minimum Gasteiger partial charge on any atom is -0.481 e. The molecule has 0 aliphatic carbocycles. The highest BCUT2D eigenvalue weighted by Gasteiger charge is 2.27. The van der Waals surface area contributed by atoms with E-state index in [9.17, 15) is 18.3 Å². The second-order valence-corrected chi connectivity index (χ2v) is 11.8. The molecule has 2 aromatic rings. The summed E-state index contributed by atoms with van der Waals surface area (Å²) in [5.74, 6) is 0.617. The Bertz CT molecular complexity index is 1170. The van der Waals surface area contributed by atoms with Crippen LogP contribution in [-0.4, -0.2) is 55.2 Å². The number of rotatable bonds is 8. The first-order valence-corrected chi connectivity index (χ1v) is 13.6. The largest absolute Gasteiger partial charge is 0.481 e. The van der Waals surface area contributed by atoms with Crippen molar-refractivity contribution in [2.45, 2.75) is 38.7 Å². The molecule has 0 saturated carbocycles. The predicted octanol–water partition coefficient (Wildman–Crippen LogP) is 4.42. The molecule has 2 N–H and O–H groups in total. The number of sulfonamides is 1. The zero-order valence-corrected chi connectivity index (χ0v) is 22.3. The number of piperidine rings is 1. The van der Waals surface area contributed by atoms with Gasteiger partial charge in [0.2, 0.25) is 21.8 Å². The average Bonchev–Trinajstić information content (AvgIpc) is 2.75. The number of aromatic nitrogens is 1. The lowest BCUT2D eigenvalue weighted by Gasteiger charge is -2.29. The minimum atomic E-state index is -3.21. The van der Waals surface area contributed by atoms with E-state index in [1.807, 2.05) is 0 Å². The number of nitrogens with one attached hydrogen (secondary N) is 1. The van der Waals surface area contributed by atoms with Gasteiger partial charge in [-0.2, -0.15) is 0 Å². The van der Waals surface area contributed by atoms with Crippen LogP contribution in [0.3, 0.4) is 0 Å². The molecular formula is C23H29Cl2N3O6S. The molecule has 1 aliphatic rings. The Morgan fingerprint density at radius 3 is 2.34 bits per heavy atom. The van der Waals surface area contributed by atoms with Gasteiger partial charge >= 0.3 is 0 Å². The number of methoxy groups -OCH3 is 1. The van der Waals surface area contributed by atoms with Crippen molar-refractivity contribution in [3.8, 4) is 17.4 Å². The lowest BCUT2D eigenvalue weighted by Crippen LogP contribution is -2.38. The number of hydrogen-bond acceptors (Lipinski definition) is 7. The van der Waals surface area contributed by atoms with Crippen LogP contribution in [0, 0.1) is 5.92 Å². The summed E-state index contributed by atoms with van der Waals surface area (Å²) >= 11 is 12.8. The van der Waals surface area contributed by atoms with Gasteiger partial charge in [-0.25, -0.2) is 17.7 Å². The van der Waals surface area contributed by atoms with Crippen LogP contribution in [0.2, 0.25) is 10.0 Å². The number of aliphatic hydroxyl groups is 1. The van der Waals surface area contributed by atoms with Crippen LogP contribution in [0.4, 0.5) is 5.69 Å². The van der Waals surface area contributed by atoms with Gasteiger partial charge in [-0.15, -0.1) is 0 Å². The Kier molecular flexibility index (Phi) is 8.54. The number of halogens is 2. The molecule has 0 bridgehead atoms. The van der Waals surface area contributed by atoms with Crippen LogP contribution >= 0.6 is 23.2 Å². The molecule has 0 spiro atoms. The van der Waals surface area contributed by atoms with Crippen LogP contribution in [-0.2, 0) is 20.4 Å². The number of nitrogens with zero attached hydrogens (tertiary/aromatic N) is 2. The van der Waals surface area contributed by atoms with Crippen LogP contribution in [0.1, 0.15) is 38.7 Å². The summed E-state index contributed by atoms with van der Waals surface area (Å²) in [7, 11) is -1.75. The molecular weight excluding hydrogens is 517 g/mol. The first kappa shape index (κ1) is 27.5. The van der Waals surface area contributed by atoms with E-state index < -0.39 is 15.6 Å². The van der Waals surface area contributed by atoms with E-state index in [1.165, 1.54) is 36.0 Å². The second kappa shape index (κ2) is 10.9. The van der Waals surface area contributed by atoms with Gasteiger partial charge in [0, 0.05) is 30.8 Å². The molecule has 0 unspecified atom stereocenters. The third kappa shape index (κ3) is 7.20. The molecule has 0 radical (unpaired) electrons. The Hall–Kier alpha value is -2.11. The van der Waals surface area contributed by atoms with Gasteiger partial charge in [-0.1, -0.05) is 23.2 Å². The number of amides is 1. The molecule has 2 heterocycles. The van der Waals surface area contributed by atoms with Gasteiger partial charge in [0.05, 0.1) is 35.2 Å². The quantitative estimate of drug-likeness (QED) is 0.504. The molecule has 35 heavy (non-hydrogen) atoms. The normalized spacial score (nSPS) is 15.6. The van der Waals surface area contributed by atoms with Gasteiger partial charge in [0.25, 0.3) is 0 Å². The van der Waals surface area contributed by atoms with Crippen molar-refractivity contribution >= 4 is 44.8 Å². The molecule has 1 saturated heterocycles. The number of carbonyl (C=O) groups is 1. The van der Waals surface area contributed by atoms with Crippen molar-refractivity contribution in [1.82, 2.24) is 9.29 Å². The van der Waals surface area contributed by atoms with Crippen molar-refractivity contribution in [1.29, 1.82) is 0 Å². The zero-order chi connectivity index (χ0) is 26.0. The number of carbonyl (C=O) groups excluding carboxylic acids is 1. The van der Waals surface area contributed by atoms with E-state index >= 15 is 0 Å². The van der Waals surface area contributed by atoms with Crippen LogP contribution in [0.15, 0.2) is 24.4 Å². The molecule has 0 atom stereocenters. The van der Waals surface area contributed by atoms with Gasteiger partial charge < -0.3 is 19.9 Å². The highest BCUT2D eigenvalue weighted by atomic mass is 35.5. The number of benzene rings is 1. The Labute approximate surface area is 215 Å². The van der Waals surface area contributed by atoms with Crippen molar-refractivity contribution in [2.75, 3.05) is 31.8 Å². The maximum atomic E-state index is 12.5. The van der Waals surface area contributed by atoms with E-state index in [0.29, 0.717) is 42.9 Å². The lowest BCUT2D eigenvalue weighted by atomic mass is 9.94. The SMILES string of the molecule is COc1ncc(Oc2c(Cl)cc(NC(=O)CC3CCN(S(C)(=O)=O)CC3)cc2Cl)cc1C(C)(C)O. The van der Waals surface area contributed by atoms with Crippen molar-refractivity contribution in [2.24, 2.45) is 5.92 Å². The molecule has 192 valence electrons. The average molecular weight is 546 g/mol. The van der Waals surface area contributed by atoms with Crippen LogP contribution in [0.25, 0.3) is 0 Å². The molecule has 1 aliphatic heterocycles. The van der Waals surface area contributed by atoms with E-state index in [1.54, 1.807) is 19.9 Å². The highest BCUT2D eigenvalue weighted by Crippen LogP contribution is 2.40. The topological polar surface area (TPSA) is 118 Å². The standard InChI is InChI=1S/C23H29Cl2N3O6S/c1-23(2,30)17-12-16(13-26-22(17)33-3)34-21-18(24)10-15(11-19(21)25)27-20(29)9-14-5-7-28(8-6-14)35(4,31)32/h10-14,30H,5-9H2,1-4H3,(H,27,29). The fourth-order valence-corrected chi connectivity index (χ4v) is 5.29. The smallest absolute Gasteiger partial charge is 0.224 e. The summed E-state index contributed by atoms with van der Waals surface area (Å²) in [6, 6.07) is 4.64. The Morgan fingerprint density at radius 2 is 1.83 bits per heavy atom. The third-order valence-corrected chi connectivity index (χ3v) is 7.56. The molecule has 1 amide bonds. The van der Waals surface area contributed by atoms with Crippen molar-refractivity contribution in [3.63, 3.8) is 0 Å². The van der Waals surface area contributed by atoms with E-state index in [2.05, 4.69) is 10.3 Å². The summed E-state index contributed by atoms with van der Waals surface area (Å²) < 4.78 is 35.8. The summed E-state index contributed by atoms with van der Waals surface area (Å²) in [6.07, 6.45) is 4.13. The highest BCUT2D eigenvalue weighted by molar-refractivity contribution is 7.88. The molecule has 12 heteroatoms. The van der Waals surface area contributed by atoms with Crippen LogP contribution < -0.4 is 14.8 Å². The lowest BCUT2D eigenvalue weighted by molar-refractivity contribution is -0.117. The second-order valence-electron chi connectivity index (χ2n) is 9.02. The molecule has 1 aromatic heterocycles. The van der Waals surface area contributed by atoms with E-state index in [0.717, 1.165) is 0 Å². The Morgan fingerprint density at radius 1 is 1.23 bits per heavy atom. The van der Waals surface area contributed by atoms with Crippen molar-refractivity contribution in [3.05, 3.63) is 40.0 Å². The van der Waals surface area contributed by atoms with E-state index in [-0.39, 0.29) is 39.9 Å². The van der Waals surface area contributed by atoms with Gasteiger partial charge in [-0.05, 0) is 50.8 Å². The van der Waals surface area contributed by atoms with E-state index in [4.69, 9.17) is 32.7 Å². The first-order chi connectivity index (χ1) is 16.3. The number of pyridine rings is 1. The number of anilines is 1. The third-order valence-electron chi connectivity index (χ3n) is 5.70. The fraction of sp³-hybridized carbons (Fsp3) is 0.478. The minimum absolute atomic E-state index is 0.0918. The monoisotopic (exact) mass is 545 g/mol. The summed E-state index contributed by atoms with van der Waals surface area (Å²) in [6.45, 7) is 4.03. The maximum absolute atomic E-state index is 12.5. The summed E-state index contributed by atoms with van der Waals surface area (Å²) in [5, 5.41) is 13.5. The van der Waals surface area contributed by atoms with Crippen LogP contribution in [0.5, 0.6) is 17.4 Å². The Balaban J connectivity index is 1.67. The van der Waals surface area contributed by atoms with Crippen molar-refractivity contribution < 1.29 is 27.8 Å². The van der Waals surface area contributed by atoms with Gasteiger partial charge in [0.15, 0.2) is 5.75 Å². The molecule has 9 nitrogen and oxygen atoms in total. The zero-order valence-electron chi connectivity index (χ0n) is 20.0. The van der Waals surface area contributed by atoms with Gasteiger partial charge in [0.1, 0.15) is 5.75 Å². The first-order valence-electron chi connectivity index (χ1n) is 11.0. The summed E-state index contributed by atoms with van der Waals surface area (Å²) in [4.78, 5) is 16.7. The number of ether oxygens (including phenoxy) is 2. The predicted molar refractivity (Wildman–Crippen MR) is 135 cm³/mol.